The van der Waals surface area contributed by atoms with E-state index in [1.165, 1.54) is 44.9 Å². The average molecular weight is 168 g/mol. The third kappa shape index (κ3) is 1.99. The second-order valence-corrected chi connectivity index (χ2v) is 4.50. The van der Waals surface area contributed by atoms with E-state index in [9.17, 15) is 0 Å². The Kier molecular flexibility index (Phi) is 2.66. The zero-order chi connectivity index (χ0) is 8.39. The molecule has 0 saturated heterocycles. The largest absolute Gasteiger partial charge is 0.271 e. The molecule has 0 heterocycles. The summed E-state index contributed by atoms with van der Waals surface area (Å²) >= 11 is 0. The van der Waals surface area contributed by atoms with Crippen LogP contribution in [-0.2, 0) is 0 Å². The van der Waals surface area contributed by atoms with E-state index in [-0.39, 0.29) is 0 Å². The minimum atomic E-state index is 0.625. The Hall–Kier alpha value is -0.0800. The molecule has 3 N–H and O–H groups in total. The number of nitrogens with one attached hydrogen (secondary N) is 1. The van der Waals surface area contributed by atoms with Gasteiger partial charge in [0.1, 0.15) is 0 Å². The molecule has 0 spiro atoms. The van der Waals surface area contributed by atoms with Crippen molar-refractivity contribution in [2.24, 2.45) is 17.7 Å². The third-order valence-corrected chi connectivity index (χ3v) is 3.47. The molecule has 12 heavy (non-hydrogen) atoms. The zero-order valence-corrected chi connectivity index (χ0v) is 7.76. The van der Waals surface area contributed by atoms with E-state index in [1.807, 2.05) is 0 Å². The minimum Gasteiger partial charge on any atom is -0.271 e. The predicted octanol–water partition coefficient (Wildman–Crippen LogP) is 1.81. The Labute approximate surface area is 74.9 Å². The summed E-state index contributed by atoms with van der Waals surface area (Å²) in [5.74, 6) is 7.47. The molecule has 2 aliphatic carbocycles. The number of rotatable bonds is 4. The summed E-state index contributed by atoms with van der Waals surface area (Å²) in [4.78, 5) is 0. The summed E-state index contributed by atoms with van der Waals surface area (Å²) in [6, 6.07) is 0.625. The van der Waals surface area contributed by atoms with E-state index in [2.05, 4.69) is 5.43 Å². The lowest BCUT2D eigenvalue weighted by atomic mass is 9.94. The fourth-order valence-corrected chi connectivity index (χ4v) is 2.47. The van der Waals surface area contributed by atoms with E-state index in [0.717, 1.165) is 11.8 Å². The minimum absolute atomic E-state index is 0.625. The van der Waals surface area contributed by atoms with Crippen LogP contribution in [0.5, 0.6) is 0 Å². The molecule has 0 aliphatic heterocycles. The van der Waals surface area contributed by atoms with Gasteiger partial charge in [-0.3, -0.25) is 11.3 Å². The van der Waals surface area contributed by atoms with Gasteiger partial charge in [0.15, 0.2) is 0 Å². The van der Waals surface area contributed by atoms with Crippen molar-refractivity contribution in [2.75, 3.05) is 0 Å². The average Bonchev–Trinajstić information content (AvgIpc) is 2.74. The monoisotopic (exact) mass is 168 g/mol. The molecule has 2 saturated carbocycles. The molecule has 0 radical (unpaired) electrons. The molecular formula is C10H20N2. The molecule has 0 aromatic heterocycles. The summed E-state index contributed by atoms with van der Waals surface area (Å²) < 4.78 is 0. The molecular weight excluding hydrogens is 148 g/mol. The van der Waals surface area contributed by atoms with Crippen molar-refractivity contribution < 1.29 is 0 Å². The van der Waals surface area contributed by atoms with Crippen molar-refractivity contribution in [3.63, 3.8) is 0 Å². The number of hydrazine groups is 1. The molecule has 70 valence electrons. The van der Waals surface area contributed by atoms with Crippen LogP contribution in [-0.4, -0.2) is 6.04 Å². The predicted molar refractivity (Wildman–Crippen MR) is 50.4 cm³/mol. The molecule has 2 rings (SSSR count). The van der Waals surface area contributed by atoms with Gasteiger partial charge in [-0.2, -0.15) is 0 Å². The molecule has 0 aromatic rings. The molecule has 2 heteroatoms. The van der Waals surface area contributed by atoms with Crippen LogP contribution in [0.25, 0.3) is 0 Å². The number of hydrogen-bond acceptors (Lipinski definition) is 2. The quantitative estimate of drug-likeness (QED) is 0.496. The maximum absolute atomic E-state index is 5.58. The van der Waals surface area contributed by atoms with Crippen molar-refractivity contribution in [3.05, 3.63) is 0 Å². The van der Waals surface area contributed by atoms with E-state index < -0.39 is 0 Å². The topological polar surface area (TPSA) is 38.0 Å². The molecule has 0 aromatic carbocycles. The second-order valence-electron chi connectivity index (χ2n) is 4.50. The van der Waals surface area contributed by atoms with Crippen LogP contribution in [0.2, 0.25) is 0 Å². The van der Waals surface area contributed by atoms with Crippen LogP contribution in [0.3, 0.4) is 0 Å². The van der Waals surface area contributed by atoms with Gasteiger partial charge < -0.3 is 0 Å². The zero-order valence-electron chi connectivity index (χ0n) is 7.76. The van der Waals surface area contributed by atoms with Gasteiger partial charge >= 0.3 is 0 Å². The molecule has 2 fully saturated rings. The fourth-order valence-electron chi connectivity index (χ4n) is 2.47. The highest BCUT2D eigenvalue weighted by molar-refractivity contribution is 4.85. The molecule has 0 bridgehead atoms. The van der Waals surface area contributed by atoms with Gasteiger partial charge in [0.2, 0.25) is 0 Å². The summed E-state index contributed by atoms with van der Waals surface area (Å²) in [6.07, 6.45) is 9.89. The van der Waals surface area contributed by atoms with Crippen LogP contribution in [0, 0.1) is 11.8 Å². The maximum atomic E-state index is 5.58. The van der Waals surface area contributed by atoms with Crippen LogP contribution >= 0.6 is 0 Å². The SMILES string of the molecule is NNC(CC1CC1)C1CCCC1. The highest BCUT2D eigenvalue weighted by atomic mass is 15.2. The van der Waals surface area contributed by atoms with Gasteiger partial charge in [-0.05, 0) is 31.1 Å². The first-order valence-electron chi connectivity index (χ1n) is 5.36. The van der Waals surface area contributed by atoms with Gasteiger partial charge in [0, 0.05) is 6.04 Å². The van der Waals surface area contributed by atoms with Gasteiger partial charge in [-0.1, -0.05) is 25.7 Å². The normalized spacial score (nSPS) is 27.8. The maximum Gasteiger partial charge on any atom is 0.0241 e. The van der Waals surface area contributed by atoms with Gasteiger partial charge in [0.25, 0.3) is 0 Å². The summed E-state index contributed by atoms with van der Waals surface area (Å²) in [5, 5.41) is 0. The Bertz CT molecular complexity index is 137. The van der Waals surface area contributed by atoms with Crippen molar-refractivity contribution in [3.8, 4) is 0 Å². The highest BCUT2D eigenvalue weighted by Gasteiger charge is 2.30. The summed E-state index contributed by atoms with van der Waals surface area (Å²) in [6.45, 7) is 0. The standard InChI is InChI=1S/C10H20N2/c11-12-10(7-8-5-6-8)9-3-1-2-4-9/h8-10,12H,1-7,11H2. The van der Waals surface area contributed by atoms with Gasteiger partial charge in [0.05, 0.1) is 0 Å². The fraction of sp³-hybridized carbons (Fsp3) is 1.00. The molecule has 2 nitrogen and oxygen atoms in total. The van der Waals surface area contributed by atoms with Gasteiger partial charge in [-0.15, -0.1) is 0 Å². The van der Waals surface area contributed by atoms with Crippen LogP contribution < -0.4 is 11.3 Å². The first-order valence-corrected chi connectivity index (χ1v) is 5.36. The third-order valence-electron chi connectivity index (χ3n) is 3.47. The van der Waals surface area contributed by atoms with Crippen LogP contribution in [0.1, 0.15) is 44.9 Å². The van der Waals surface area contributed by atoms with E-state index in [0.29, 0.717) is 6.04 Å². The second kappa shape index (κ2) is 3.75. The van der Waals surface area contributed by atoms with E-state index >= 15 is 0 Å². The van der Waals surface area contributed by atoms with Crippen LogP contribution in [0.15, 0.2) is 0 Å². The van der Waals surface area contributed by atoms with Crippen molar-refractivity contribution >= 4 is 0 Å². The first kappa shape index (κ1) is 8.52. The number of nitrogens with two attached hydrogens (primary N) is 1. The molecule has 2 aliphatic rings. The Morgan fingerprint density at radius 2 is 1.83 bits per heavy atom. The van der Waals surface area contributed by atoms with Crippen LogP contribution in [0.4, 0.5) is 0 Å². The molecule has 0 amide bonds. The smallest absolute Gasteiger partial charge is 0.0241 e. The van der Waals surface area contributed by atoms with E-state index in [4.69, 9.17) is 5.84 Å². The number of hydrogen-bond donors (Lipinski definition) is 2. The van der Waals surface area contributed by atoms with E-state index in [1.54, 1.807) is 0 Å². The van der Waals surface area contributed by atoms with Crippen molar-refractivity contribution in [2.45, 2.75) is 51.0 Å². The lowest BCUT2D eigenvalue weighted by Crippen LogP contribution is -2.40. The molecule has 1 atom stereocenters. The Morgan fingerprint density at radius 1 is 1.17 bits per heavy atom. The van der Waals surface area contributed by atoms with Crippen molar-refractivity contribution in [1.82, 2.24) is 5.43 Å². The highest BCUT2D eigenvalue weighted by Crippen LogP contribution is 2.37. The molecule has 1 unspecified atom stereocenters. The first-order chi connectivity index (χ1) is 5.90. The lowest BCUT2D eigenvalue weighted by molar-refractivity contribution is 0.332. The van der Waals surface area contributed by atoms with Gasteiger partial charge in [-0.25, -0.2) is 0 Å². The Morgan fingerprint density at radius 3 is 2.33 bits per heavy atom. The Balaban J connectivity index is 1.78. The summed E-state index contributed by atoms with van der Waals surface area (Å²) in [7, 11) is 0. The lowest BCUT2D eigenvalue weighted by Gasteiger charge is -2.22. The summed E-state index contributed by atoms with van der Waals surface area (Å²) in [5.41, 5.74) is 3.02. The van der Waals surface area contributed by atoms with Crippen molar-refractivity contribution in [1.29, 1.82) is 0 Å².